The van der Waals surface area contributed by atoms with Crippen LogP contribution >= 0.6 is 34.2 Å². The number of methoxy groups -OCH3 is 3. The second-order valence-electron chi connectivity index (χ2n) is 7.57. The third kappa shape index (κ3) is 6.40. The predicted molar refractivity (Wildman–Crippen MR) is 149 cm³/mol. The molecule has 194 valence electrons. The summed E-state index contributed by atoms with van der Waals surface area (Å²) in [5.74, 6) is -0.499. The van der Waals surface area contributed by atoms with Gasteiger partial charge in [-0.05, 0) is 52.4 Å². The van der Waals surface area contributed by atoms with Crippen molar-refractivity contribution in [1.29, 1.82) is 0 Å². The van der Waals surface area contributed by atoms with Crippen LogP contribution in [-0.4, -0.2) is 40.5 Å². The van der Waals surface area contributed by atoms with E-state index in [9.17, 15) is 23.3 Å². The Hall–Kier alpha value is -3.16. The first kappa shape index (κ1) is 28.4. The van der Waals surface area contributed by atoms with Crippen molar-refractivity contribution in [1.82, 2.24) is 0 Å². The van der Waals surface area contributed by atoms with Gasteiger partial charge in [0.1, 0.15) is 22.2 Å². The number of ether oxygens (including phenoxy) is 3. The second kappa shape index (κ2) is 11.9. The van der Waals surface area contributed by atoms with Gasteiger partial charge in [0.2, 0.25) is 5.78 Å². The number of halogens is 2. The van der Waals surface area contributed by atoms with Gasteiger partial charge in [0, 0.05) is 34.9 Å². The van der Waals surface area contributed by atoms with Crippen LogP contribution in [-0.2, 0) is 15.6 Å². The molecule has 0 amide bonds. The second-order valence-corrected chi connectivity index (χ2v) is 11.0. The first-order valence-corrected chi connectivity index (χ1v) is 13.6. The van der Waals surface area contributed by atoms with E-state index in [-0.39, 0.29) is 31.9 Å². The molecule has 0 heterocycles. The molecule has 3 aromatic rings. The lowest BCUT2D eigenvalue weighted by molar-refractivity contribution is -0.384. The molecular weight excluding hydrogens is 637 g/mol. The third-order valence-electron chi connectivity index (χ3n) is 5.26. The number of nitro benzene ring substituents is 1. The molecule has 37 heavy (non-hydrogen) atoms. The smallest absolute Gasteiger partial charge is 0.269 e. The SMILES string of the molecule is COc1cc(OC)c(C(I)=C(C(=O)c2ccc([N+](=O)[O-])cc2)S(=O)(=O)Cc2ccc(Cl)cc2)c(OC)c1. The van der Waals surface area contributed by atoms with Crippen molar-refractivity contribution in [2.75, 3.05) is 21.3 Å². The van der Waals surface area contributed by atoms with Gasteiger partial charge in [0.25, 0.3) is 5.69 Å². The molecule has 0 unspecified atom stereocenters. The van der Waals surface area contributed by atoms with Crippen LogP contribution in [0.2, 0.25) is 5.02 Å². The van der Waals surface area contributed by atoms with Crippen LogP contribution in [0, 0.1) is 10.1 Å². The van der Waals surface area contributed by atoms with E-state index in [0.29, 0.717) is 16.3 Å². The number of carbonyl (C=O) groups excluding carboxylic acids is 1. The van der Waals surface area contributed by atoms with Gasteiger partial charge in [-0.1, -0.05) is 23.7 Å². The van der Waals surface area contributed by atoms with Crippen LogP contribution in [0.4, 0.5) is 5.69 Å². The number of nitrogens with zero attached hydrogens (tertiary/aromatic N) is 1. The van der Waals surface area contributed by atoms with Gasteiger partial charge in [-0.2, -0.15) is 0 Å². The van der Waals surface area contributed by atoms with Crippen LogP contribution in [0.3, 0.4) is 0 Å². The van der Waals surface area contributed by atoms with Crippen LogP contribution in [0.15, 0.2) is 65.6 Å². The number of hydrogen-bond acceptors (Lipinski definition) is 8. The average Bonchev–Trinajstić information content (AvgIpc) is 2.88. The Morgan fingerprint density at radius 3 is 1.95 bits per heavy atom. The lowest BCUT2D eigenvalue weighted by atomic mass is 10.1. The summed E-state index contributed by atoms with van der Waals surface area (Å²) in [6.45, 7) is 0. The van der Waals surface area contributed by atoms with Crippen LogP contribution in [0.1, 0.15) is 21.5 Å². The zero-order valence-corrected chi connectivity index (χ0v) is 23.6. The van der Waals surface area contributed by atoms with Crippen molar-refractivity contribution >= 4 is 59.1 Å². The Balaban J connectivity index is 2.29. The lowest BCUT2D eigenvalue weighted by Gasteiger charge is -2.18. The molecule has 0 saturated carbocycles. The van der Waals surface area contributed by atoms with Crippen LogP contribution in [0.5, 0.6) is 17.2 Å². The van der Waals surface area contributed by atoms with E-state index in [4.69, 9.17) is 25.8 Å². The molecule has 0 saturated heterocycles. The quantitative estimate of drug-likeness (QED) is 0.0872. The van der Waals surface area contributed by atoms with E-state index in [1.54, 1.807) is 46.9 Å². The fourth-order valence-electron chi connectivity index (χ4n) is 3.45. The topological polar surface area (TPSA) is 122 Å². The van der Waals surface area contributed by atoms with Crippen molar-refractivity contribution in [2.45, 2.75) is 5.75 Å². The Bertz CT molecular complexity index is 1440. The summed E-state index contributed by atoms with van der Waals surface area (Å²) in [6.07, 6.45) is 0. The molecule has 0 atom stereocenters. The minimum Gasteiger partial charge on any atom is -0.496 e. The molecule has 0 spiro atoms. The monoisotopic (exact) mass is 657 g/mol. The van der Waals surface area contributed by atoms with E-state index in [1.165, 1.54) is 45.6 Å². The summed E-state index contributed by atoms with van der Waals surface area (Å²) in [5.41, 5.74) is 0.368. The molecule has 3 aromatic carbocycles. The van der Waals surface area contributed by atoms with Gasteiger partial charge in [-0.25, -0.2) is 8.42 Å². The summed E-state index contributed by atoms with van der Waals surface area (Å²) >= 11 is 7.71. The zero-order chi connectivity index (χ0) is 27.3. The molecule has 0 bridgehead atoms. The molecule has 3 rings (SSSR count). The number of non-ortho nitro benzene ring substituents is 1. The van der Waals surface area contributed by atoms with E-state index in [2.05, 4.69) is 0 Å². The maximum absolute atomic E-state index is 13.8. The normalized spacial score (nSPS) is 11.9. The number of sulfone groups is 1. The van der Waals surface area contributed by atoms with Gasteiger partial charge in [0.05, 0.1) is 41.1 Å². The van der Waals surface area contributed by atoms with Crippen molar-refractivity contribution in [3.8, 4) is 17.2 Å². The standard InChI is InChI=1S/C25H21ClINO8S/c1-34-19-12-20(35-2)22(21(13-19)36-3)23(27)25(24(29)16-6-10-18(11-7-16)28(30)31)37(32,33)14-15-4-8-17(26)9-5-15/h4-13H,14H2,1-3H3. The first-order valence-electron chi connectivity index (χ1n) is 10.5. The van der Waals surface area contributed by atoms with Gasteiger partial charge in [-0.15, -0.1) is 0 Å². The number of rotatable bonds is 10. The number of hydrogen-bond donors (Lipinski definition) is 0. The van der Waals surface area contributed by atoms with Gasteiger partial charge in [0.15, 0.2) is 9.84 Å². The summed E-state index contributed by atoms with van der Waals surface area (Å²) in [6, 6.07) is 14.0. The molecule has 12 heteroatoms. The molecular formula is C25H21ClINO8S. The van der Waals surface area contributed by atoms with Crippen molar-refractivity contribution in [2.24, 2.45) is 0 Å². The summed E-state index contributed by atoms with van der Waals surface area (Å²) in [5, 5.41) is 11.5. The minimum atomic E-state index is -4.27. The number of nitro groups is 1. The molecule has 0 radical (unpaired) electrons. The van der Waals surface area contributed by atoms with Crippen molar-refractivity contribution in [3.63, 3.8) is 0 Å². The average molecular weight is 658 g/mol. The number of Topliss-reactive ketones (excluding diaryl/α,β-unsaturated/α-hetero) is 1. The highest BCUT2D eigenvalue weighted by Gasteiger charge is 2.32. The Labute approximate surface area is 232 Å². The van der Waals surface area contributed by atoms with E-state index in [0.717, 1.165) is 12.1 Å². The molecule has 0 fully saturated rings. The van der Waals surface area contributed by atoms with Crippen molar-refractivity contribution in [3.05, 3.63) is 97.4 Å². The maximum Gasteiger partial charge on any atom is 0.269 e. The van der Waals surface area contributed by atoms with Crippen LogP contribution in [0.25, 0.3) is 3.58 Å². The van der Waals surface area contributed by atoms with Gasteiger partial charge >= 0.3 is 0 Å². The first-order chi connectivity index (χ1) is 17.5. The van der Waals surface area contributed by atoms with E-state index in [1.807, 2.05) is 0 Å². The largest absolute Gasteiger partial charge is 0.496 e. The summed E-state index contributed by atoms with van der Waals surface area (Å²) < 4.78 is 43.8. The number of allylic oxidation sites excluding steroid dienone is 1. The van der Waals surface area contributed by atoms with Gasteiger partial charge in [-0.3, -0.25) is 14.9 Å². The van der Waals surface area contributed by atoms with Gasteiger partial charge < -0.3 is 14.2 Å². The molecule has 0 N–H and O–H groups in total. The highest BCUT2D eigenvalue weighted by atomic mass is 127. The van der Waals surface area contributed by atoms with E-state index < -0.39 is 31.2 Å². The predicted octanol–water partition coefficient (Wildman–Crippen LogP) is 5.88. The number of ketones is 1. The fraction of sp³-hybridized carbons (Fsp3) is 0.160. The number of benzene rings is 3. The lowest BCUT2D eigenvalue weighted by Crippen LogP contribution is -2.17. The molecule has 0 aromatic heterocycles. The highest BCUT2D eigenvalue weighted by Crippen LogP contribution is 2.44. The minimum absolute atomic E-state index is 0.0408. The summed E-state index contributed by atoms with van der Waals surface area (Å²) in [7, 11) is -0.0376. The molecule has 0 aliphatic rings. The molecule has 0 aliphatic heterocycles. The van der Waals surface area contributed by atoms with E-state index >= 15 is 0 Å². The zero-order valence-electron chi connectivity index (χ0n) is 19.9. The van der Waals surface area contributed by atoms with Crippen LogP contribution < -0.4 is 14.2 Å². The van der Waals surface area contributed by atoms with Crippen molar-refractivity contribution < 1.29 is 32.3 Å². The molecule has 0 aliphatic carbocycles. The number of carbonyl (C=O) groups is 1. The Kier molecular flexibility index (Phi) is 9.16. The maximum atomic E-state index is 13.8. The Morgan fingerprint density at radius 1 is 0.946 bits per heavy atom. The third-order valence-corrected chi connectivity index (χ3v) is 8.68. The Morgan fingerprint density at radius 2 is 1.49 bits per heavy atom. The highest BCUT2D eigenvalue weighted by molar-refractivity contribution is 14.1. The summed E-state index contributed by atoms with van der Waals surface area (Å²) in [4.78, 5) is 23.6. The fourth-order valence-corrected chi connectivity index (χ4v) is 6.91. The molecule has 9 nitrogen and oxygen atoms in total.